The molecule has 1 N–H and O–H groups in total. The lowest BCUT2D eigenvalue weighted by atomic mass is 10.0. The summed E-state index contributed by atoms with van der Waals surface area (Å²) in [5, 5.41) is 3.10. The number of para-hydroxylation sites is 1. The van der Waals surface area contributed by atoms with Crippen molar-refractivity contribution in [3.8, 4) is 5.75 Å². The molecular weight excluding hydrogens is 254 g/mol. The van der Waals surface area contributed by atoms with Crippen LogP contribution in [0.3, 0.4) is 0 Å². The number of hydrogen-bond acceptors (Lipinski definition) is 4. The summed E-state index contributed by atoms with van der Waals surface area (Å²) in [6.07, 6.45) is 0.590. The van der Waals surface area contributed by atoms with Crippen LogP contribution >= 0.6 is 0 Å². The maximum absolute atomic E-state index is 11.6. The second kappa shape index (κ2) is 8.59. The summed E-state index contributed by atoms with van der Waals surface area (Å²) in [4.78, 5) is 11.6. The summed E-state index contributed by atoms with van der Waals surface area (Å²) in [6, 6.07) is 7.70. The molecule has 1 aromatic carbocycles. The second-order valence-corrected chi connectivity index (χ2v) is 4.96. The molecule has 1 aromatic rings. The van der Waals surface area contributed by atoms with Crippen LogP contribution in [0.15, 0.2) is 24.3 Å². The van der Waals surface area contributed by atoms with E-state index in [9.17, 15) is 4.79 Å². The molecule has 1 atom stereocenters. The third kappa shape index (κ3) is 4.85. The molecule has 0 heterocycles. The van der Waals surface area contributed by atoms with Crippen molar-refractivity contribution in [1.82, 2.24) is 5.32 Å². The van der Waals surface area contributed by atoms with Crippen molar-refractivity contribution in [3.05, 3.63) is 29.8 Å². The third-order valence-electron chi connectivity index (χ3n) is 3.14. The molecule has 20 heavy (non-hydrogen) atoms. The van der Waals surface area contributed by atoms with Crippen LogP contribution in [-0.2, 0) is 9.53 Å². The Morgan fingerprint density at radius 3 is 2.60 bits per heavy atom. The van der Waals surface area contributed by atoms with Gasteiger partial charge in [0.25, 0.3) is 0 Å². The molecule has 0 spiro atoms. The second-order valence-electron chi connectivity index (χ2n) is 4.96. The smallest absolute Gasteiger partial charge is 0.322 e. The molecule has 112 valence electrons. The highest BCUT2D eigenvalue weighted by Crippen LogP contribution is 2.25. The molecule has 0 amide bonds. The number of likely N-dealkylation sites (N-methyl/N-ethyl adjacent to an activating group) is 1. The fourth-order valence-electron chi connectivity index (χ4n) is 2.07. The van der Waals surface area contributed by atoms with Crippen molar-refractivity contribution in [2.45, 2.75) is 39.2 Å². The van der Waals surface area contributed by atoms with Crippen molar-refractivity contribution in [2.24, 2.45) is 0 Å². The van der Waals surface area contributed by atoms with Gasteiger partial charge in [-0.3, -0.25) is 4.79 Å². The average molecular weight is 279 g/mol. The van der Waals surface area contributed by atoms with Crippen molar-refractivity contribution < 1.29 is 14.3 Å². The number of hydrogen-bond donors (Lipinski definition) is 1. The van der Waals surface area contributed by atoms with E-state index in [0.717, 1.165) is 12.3 Å². The Balaban J connectivity index is 2.56. The lowest BCUT2D eigenvalue weighted by Crippen LogP contribution is -2.38. The van der Waals surface area contributed by atoms with Gasteiger partial charge in [0.15, 0.2) is 0 Å². The van der Waals surface area contributed by atoms with E-state index < -0.39 is 0 Å². The van der Waals surface area contributed by atoms with E-state index in [4.69, 9.17) is 9.47 Å². The molecule has 1 rings (SSSR count). The van der Waals surface area contributed by atoms with E-state index in [1.807, 2.05) is 25.1 Å². The van der Waals surface area contributed by atoms with Crippen LogP contribution < -0.4 is 10.1 Å². The first-order chi connectivity index (χ1) is 9.60. The Labute approximate surface area is 121 Å². The number of esters is 1. The van der Waals surface area contributed by atoms with E-state index in [0.29, 0.717) is 18.9 Å². The number of rotatable bonds is 8. The van der Waals surface area contributed by atoms with Gasteiger partial charge in [-0.2, -0.15) is 0 Å². The maximum Gasteiger partial charge on any atom is 0.322 e. The summed E-state index contributed by atoms with van der Waals surface area (Å²) < 4.78 is 10.6. The largest absolute Gasteiger partial charge is 0.493 e. The van der Waals surface area contributed by atoms with E-state index in [2.05, 4.69) is 25.2 Å². The molecule has 4 heteroatoms. The van der Waals surface area contributed by atoms with Crippen molar-refractivity contribution >= 4 is 5.97 Å². The highest BCUT2D eigenvalue weighted by atomic mass is 16.5. The van der Waals surface area contributed by atoms with E-state index in [-0.39, 0.29) is 12.0 Å². The van der Waals surface area contributed by atoms with Crippen LogP contribution in [0.1, 0.15) is 38.7 Å². The van der Waals surface area contributed by atoms with Gasteiger partial charge >= 0.3 is 5.97 Å². The molecule has 0 saturated carbocycles. The van der Waals surface area contributed by atoms with Crippen molar-refractivity contribution in [2.75, 3.05) is 20.3 Å². The minimum Gasteiger partial charge on any atom is -0.493 e. The van der Waals surface area contributed by atoms with Crippen molar-refractivity contribution in [3.63, 3.8) is 0 Å². The first-order valence-corrected chi connectivity index (χ1v) is 7.13. The van der Waals surface area contributed by atoms with Crippen LogP contribution in [0.2, 0.25) is 0 Å². The average Bonchev–Trinajstić information content (AvgIpc) is 2.45. The SMILES string of the molecule is CCNC(CCOc1ccccc1C(C)C)C(=O)OC. The maximum atomic E-state index is 11.6. The fourth-order valence-corrected chi connectivity index (χ4v) is 2.07. The van der Waals surface area contributed by atoms with Crippen LogP contribution in [0.4, 0.5) is 0 Å². The van der Waals surface area contributed by atoms with Gasteiger partial charge in [-0.1, -0.05) is 39.0 Å². The summed E-state index contributed by atoms with van der Waals surface area (Å²) in [7, 11) is 1.40. The predicted molar refractivity (Wildman–Crippen MR) is 80.1 cm³/mol. The van der Waals surface area contributed by atoms with E-state index in [1.54, 1.807) is 0 Å². The summed E-state index contributed by atoms with van der Waals surface area (Å²) in [5.74, 6) is 1.06. The molecule has 0 aliphatic carbocycles. The zero-order valence-corrected chi connectivity index (χ0v) is 12.8. The highest BCUT2D eigenvalue weighted by Gasteiger charge is 2.18. The normalized spacial score (nSPS) is 12.2. The van der Waals surface area contributed by atoms with Crippen LogP contribution in [0.5, 0.6) is 5.75 Å². The molecule has 0 aliphatic rings. The highest BCUT2D eigenvalue weighted by molar-refractivity contribution is 5.75. The Hall–Kier alpha value is -1.55. The van der Waals surface area contributed by atoms with Gasteiger partial charge in [-0.05, 0) is 24.1 Å². The molecule has 0 aliphatic heterocycles. The molecular formula is C16H25NO3. The van der Waals surface area contributed by atoms with Gasteiger partial charge in [0.05, 0.1) is 13.7 Å². The fraction of sp³-hybridized carbons (Fsp3) is 0.562. The summed E-state index contributed by atoms with van der Waals surface area (Å²) in [5.41, 5.74) is 1.19. The number of methoxy groups -OCH3 is 1. The van der Waals surface area contributed by atoms with Gasteiger partial charge in [-0.15, -0.1) is 0 Å². The Morgan fingerprint density at radius 1 is 1.30 bits per heavy atom. The molecule has 1 unspecified atom stereocenters. The third-order valence-corrected chi connectivity index (χ3v) is 3.14. The molecule has 4 nitrogen and oxygen atoms in total. The molecule has 0 saturated heterocycles. The first kappa shape index (κ1) is 16.5. The Bertz CT molecular complexity index is 418. The number of carbonyl (C=O) groups excluding carboxylic acids is 1. The predicted octanol–water partition coefficient (Wildman–Crippen LogP) is 2.73. The lowest BCUT2D eigenvalue weighted by Gasteiger charge is -2.17. The quantitative estimate of drug-likeness (QED) is 0.743. The van der Waals surface area contributed by atoms with Crippen LogP contribution in [-0.4, -0.2) is 32.3 Å². The molecule has 0 aromatic heterocycles. The number of benzene rings is 1. The molecule has 0 bridgehead atoms. The lowest BCUT2D eigenvalue weighted by molar-refractivity contribution is -0.143. The zero-order chi connectivity index (χ0) is 15.0. The van der Waals surface area contributed by atoms with Gasteiger partial charge < -0.3 is 14.8 Å². The Kier molecular flexibility index (Phi) is 7.09. The number of nitrogens with one attached hydrogen (secondary N) is 1. The number of ether oxygens (including phenoxy) is 2. The van der Waals surface area contributed by atoms with Gasteiger partial charge in [-0.25, -0.2) is 0 Å². The monoisotopic (exact) mass is 279 g/mol. The van der Waals surface area contributed by atoms with Gasteiger partial charge in [0.2, 0.25) is 0 Å². The standard InChI is InChI=1S/C16H25NO3/c1-5-17-14(16(18)19-4)10-11-20-15-9-7-6-8-13(15)12(2)3/h6-9,12,14,17H,5,10-11H2,1-4H3. The number of carbonyl (C=O) groups is 1. The van der Waals surface area contributed by atoms with Gasteiger partial charge in [0, 0.05) is 6.42 Å². The van der Waals surface area contributed by atoms with Crippen LogP contribution in [0, 0.1) is 0 Å². The Morgan fingerprint density at radius 2 is 2.00 bits per heavy atom. The van der Waals surface area contributed by atoms with Crippen molar-refractivity contribution in [1.29, 1.82) is 0 Å². The minimum atomic E-state index is -0.309. The van der Waals surface area contributed by atoms with Gasteiger partial charge in [0.1, 0.15) is 11.8 Å². The summed E-state index contributed by atoms with van der Waals surface area (Å²) in [6.45, 7) is 7.44. The molecule has 0 fully saturated rings. The first-order valence-electron chi connectivity index (χ1n) is 7.13. The van der Waals surface area contributed by atoms with E-state index in [1.165, 1.54) is 12.7 Å². The van der Waals surface area contributed by atoms with E-state index >= 15 is 0 Å². The molecule has 0 radical (unpaired) electrons. The summed E-state index contributed by atoms with van der Waals surface area (Å²) >= 11 is 0. The minimum absolute atomic E-state index is 0.243. The zero-order valence-electron chi connectivity index (χ0n) is 12.8. The van der Waals surface area contributed by atoms with Crippen LogP contribution in [0.25, 0.3) is 0 Å². The topological polar surface area (TPSA) is 47.6 Å².